The minimum absolute atomic E-state index is 0.398. The predicted octanol–water partition coefficient (Wildman–Crippen LogP) is 0.856. The Bertz CT molecular complexity index is 164. The lowest BCUT2D eigenvalue weighted by molar-refractivity contribution is 0.0510. The predicted molar refractivity (Wildman–Crippen MR) is 60.5 cm³/mol. The van der Waals surface area contributed by atoms with Gasteiger partial charge in [-0.15, -0.1) is 0 Å². The summed E-state index contributed by atoms with van der Waals surface area (Å²) in [4.78, 5) is 0. The molecule has 0 aliphatic heterocycles. The average molecular weight is 219 g/mol. The van der Waals surface area contributed by atoms with Gasteiger partial charge < -0.3 is 15.6 Å². The zero-order valence-electron chi connectivity index (χ0n) is 8.87. The molecule has 1 rings (SSSR count). The molecule has 0 aromatic rings. The summed E-state index contributed by atoms with van der Waals surface area (Å²) in [5, 5.41) is 10.1. The van der Waals surface area contributed by atoms with Gasteiger partial charge in [0, 0.05) is 26.0 Å². The van der Waals surface area contributed by atoms with Crippen LogP contribution in [-0.2, 0) is 4.74 Å². The van der Waals surface area contributed by atoms with Gasteiger partial charge in [-0.05, 0) is 30.9 Å². The first-order valence-corrected chi connectivity index (χ1v) is 6.37. The second kappa shape index (κ2) is 5.95. The Morgan fingerprint density at radius 1 is 1.57 bits per heavy atom. The second-order valence-corrected chi connectivity index (χ2v) is 5.09. The van der Waals surface area contributed by atoms with E-state index in [4.69, 9.17) is 10.5 Å². The number of ether oxygens (including phenoxy) is 1. The van der Waals surface area contributed by atoms with Crippen LogP contribution in [0.1, 0.15) is 19.3 Å². The molecule has 0 amide bonds. The molecule has 14 heavy (non-hydrogen) atoms. The summed E-state index contributed by atoms with van der Waals surface area (Å²) < 4.78 is 4.96. The molecule has 1 fully saturated rings. The minimum Gasteiger partial charge on any atom is -0.387 e. The number of methoxy groups -OCH3 is 1. The number of rotatable bonds is 8. The summed E-state index contributed by atoms with van der Waals surface area (Å²) >= 11 is 1.78. The fourth-order valence-corrected chi connectivity index (χ4v) is 2.69. The molecule has 0 aromatic carbocycles. The molecular weight excluding hydrogens is 198 g/mol. The summed E-state index contributed by atoms with van der Waals surface area (Å²) in [6, 6.07) is 0. The number of hydrogen-bond acceptors (Lipinski definition) is 4. The highest BCUT2D eigenvalue weighted by molar-refractivity contribution is 7.99. The molecular formula is C10H21NO2S. The Labute approximate surface area is 90.4 Å². The molecule has 1 aliphatic rings. The largest absolute Gasteiger partial charge is 0.387 e. The van der Waals surface area contributed by atoms with Gasteiger partial charge in [-0.2, -0.15) is 11.8 Å². The maximum absolute atomic E-state index is 10.1. The molecule has 4 heteroatoms. The van der Waals surface area contributed by atoms with Crippen molar-refractivity contribution in [3.63, 3.8) is 0 Å². The highest BCUT2D eigenvalue weighted by atomic mass is 32.2. The molecule has 0 radical (unpaired) electrons. The summed E-state index contributed by atoms with van der Waals surface area (Å²) in [6.07, 6.45) is 3.34. The third-order valence-electron chi connectivity index (χ3n) is 2.68. The summed E-state index contributed by atoms with van der Waals surface area (Å²) in [7, 11) is 1.71. The molecule has 0 saturated heterocycles. The van der Waals surface area contributed by atoms with Crippen molar-refractivity contribution >= 4 is 11.8 Å². The maximum atomic E-state index is 10.1. The van der Waals surface area contributed by atoms with Gasteiger partial charge in [-0.25, -0.2) is 0 Å². The van der Waals surface area contributed by atoms with Crippen LogP contribution in [0.3, 0.4) is 0 Å². The van der Waals surface area contributed by atoms with Gasteiger partial charge in [-0.3, -0.25) is 0 Å². The Balaban J connectivity index is 2.08. The van der Waals surface area contributed by atoms with Crippen molar-refractivity contribution in [2.24, 2.45) is 11.7 Å². The minimum atomic E-state index is -0.599. The highest BCUT2D eigenvalue weighted by Gasteiger charge is 2.42. The Morgan fingerprint density at radius 2 is 2.29 bits per heavy atom. The van der Waals surface area contributed by atoms with E-state index in [9.17, 15) is 5.11 Å². The van der Waals surface area contributed by atoms with Gasteiger partial charge in [0.15, 0.2) is 0 Å². The lowest BCUT2D eigenvalue weighted by Crippen LogP contribution is -2.42. The van der Waals surface area contributed by atoms with Crippen LogP contribution in [0.2, 0.25) is 0 Å². The Morgan fingerprint density at radius 3 is 2.79 bits per heavy atom. The first-order valence-electron chi connectivity index (χ1n) is 5.22. The van der Waals surface area contributed by atoms with Crippen LogP contribution in [0.25, 0.3) is 0 Å². The normalized spacial score (nSPS) is 20.8. The number of aliphatic hydroxyl groups is 1. The third-order valence-corrected chi connectivity index (χ3v) is 3.96. The third kappa shape index (κ3) is 3.77. The smallest absolute Gasteiger partial charge is 0.0887 e. The van der Waals surface area contributed by atoms with Crippen LogP contribution in [0.4, 0.5) is 0 Å². The van der Waals surface area contributed by atoms with Crippen molar-refractivity contribution < 1.29 is 9.84 Å². The van der Waals surface area contributed by atoms with Crippen LogP contribution in [0, 0.1) is 5.92 Å². The molecule has 0 bridgehead atoms. The lowest BCUT2D eigenvalue weighted by Gasteiger charge is -2.25. The van der Waals surface area contributed by atoms with E-state index in [1.807, 2.05) is 0 Å². The summed E-state index contributed by atoms with van der Waals surface area (Å²) in [5.74, 6) is 2.28. The van der Waals surface area contributed by atoms with Gasteiger partial charge in [-0.1, -0.05) is 0 Å². The van der Waals surface area contributed by atoms with Crippen LogP contribution in [0.5, 0.6) is 0 Å². The SMILES string of the molecule is COCCCSCC(O)(CN)C1CC1. The van der Waals surface area contributed by atoms with E-state index < -0.39 is 5.60 Å². The number of thioether (sulfide) groups is 1. The van der Waals surface area contributed by atoms with Crippen molar-refractivity contribution in [1.29, 1.82) is 0 Å². The van der Waals surface area contributed by atoms with Gasteiger partial charge in [0.1, 0.15) is 0 Å². The fourth-order valence-electron chi connectivity index (χ4n) is 1.52. The van der Waals surface area contributed by atoms with Crippen molar-refractivity contribution in [2.75, 3.05) is 31.8 Å². The van der Waals surface area contributed by atoms with E-state index in [2.05, 4.69) is 0 Å². The average Bonchev–Trinajstić information content (AvgIpc) is 3.01. The number of hydrogen-bond donors (Lipinski definition) is 2. The van der Waals surface area contributed by atoms with Crippen LogP contribution >= 0.6 is 11.8 Å². The molecule has 1 atom stereocenters. The van der Waals surface area contributed by atoms with Crippen molar-refractivity contribution in [1.82, 2.24) is 0 Å². The fraction of sp³-hybridized carbons (Fsp3) is 1.00. The Kier molecular flexibility index (Phi) is 5.23. The van der Waals surface area contributed by atoms with E-state index in [1.165, 1.54) is 0 Å². The Hall–Kier alpha value is 0.230. The van der Waals surface area contributed by atoms with Gasteiger partial charge in [0.25, 0.3) is 0 Å². The van der Waals surface area contributed by atoms with E-state index in [0.29, 0.717) is 12.5 Å². The first kappa shape index (κ1) is 12.3. The zero-order chi connectivity index (χ0) is 10.4. The maximum Gasteiger partial charge on any atom is 0.0887 e. The molecule has 1 unspecified atom stereocenters. The zero-order valence-corrected chi connectivity index (χ0v) is 9.68. The second-order valence-electron chi connectivity index (χ2n) is 3.98. The standard InChI is InChI=1S/C10H21NO2S/c1-13-5-2-6-14-8-10(12,7-11)9-3-4-9/h9,12H,2-8,11H2,1H3. The molecule has 3 nitrogen and oxygen atoms in total. The highest BCUT2D eigenvalue weighted by Crippen LogP contribution is 2.40. The molecule has 1 saturated carbocycles. The quantitative estimate of drug-likeness (QED) is 0.594. The first-order chi connectivity index (χ1) is 6.73. The van der Waals surface area contributed by atoms with Gasteiger partial charge in [0.2, 0.25) is 0 Å². The van der Waals surface area contributed by atoms with Gasteiger partial charge in [0.05, 0.1) is 5.60 Å². The van der Waals surface area contributed by atoms with E-state index >= 15 is 0 Å². The van der Waals surface area contributed by atoms with Crippen LogP contribution < -0.4 is 5.73 Å². The topological polar surface area (TPSA) is 55.5 Å². The van der Waals surface area contributed by atoms with Crippen LogP contribution in [-0.4, -0.2) is 42.5 Å². The summed E-state index contributed by atoms with van der Waals surface area (Å²) in [5.41, 5.74) is 5.00. The molecule has 84 valence electrons. The van der Waals surface area contributed by atoms with Crippen molar-refractivity contribution in [3.05, 3.63) is 0 Å². The van der Waals surface area contributed by atoms with E-state index in [1.54, 1.807) is 18.9 Å². The monoisotopic (exact) mass is 219 g/mol. The molecule has 0 aromatic heterocycles. The van der Waals surface area contributed by atoms with E-state index in [-0.39, 0.29) is 0 Å². The molecule has 3 N–H and O–H groups in total. The summed E-state index contributed by atoms with van der Waals surface area (Å²) in [6.45, 7) is 1.20. The van der Waals surface area contributed by atoms with E-state index in [0.717, 1.165) is 37.4 Å². The van der Waals surface area contributed by atoms with Crippen LogP contribution in [0.15, 0.2) is 0 Å². The molecule has 0 spiro atoms. The molecule has 0 heterocycles. The molecule has 1 aliphatic carbocycles. The van der Waals surface area contributed by atoms with Crippen molar-refractivity contribution in [3.8, 4) is 0 Å². The van der Waals surface area contributed by atoms with Gasteiger partial charge >= 0.3 is 0 Å². The van der Waals surface area contributed by atoms with Crippen molar-refractivity contribution in [2.45, 2.75) is 24.9 Å². The number of nitrogens with two attached hydrogens (primary N) is 1. The lowest BCUT2D eigenvalue weighted by atomic mass is 10.0.